The second-order valence-corrected chi connectivity index (χ2v) is 7.75. The number of esters is 1. The average Bonchev–Trinajstić information content (AvgIpc) is 2.88. The lowest BCUT2D eigenvalue weighted by atomic mass is 10.1. The number of ether oxygens (including phenoxy) is 3. The molecule has 0 atom stereocenters. The van der Waals surface area contributed by atoms with Crippen LogP contribution in [0.1, 0.15) is 29.8 Å². The van der Waals surface area contributed by atoms with Crippen molar-refractivity contribution in [1.82, 2.24) is 5.43 Å². The van der Waals surface area contributed by atoms with E-state index in [1.807, 2.05) is 6.92 Å². The van der Waals surface area contributed by atoms with Crippen molar-refractivity contribution in [2.75, 3.05) is 19.0 Å². The number of hydrogen-bond donors (Lipinski definition) is 2. The molecular formula is C26H24ClN3O6. The highest BCUT2D eigenvalue weighted by Gasteiger charge is 2.16. The SMILES string of the molecule is CCOc1ccc(NC(=O)C(=O)NN=C(C)c2ccc(OC(=O)c3ccc(Cl)cc3)c(OC)c2)cc1. The highest BCUT2D eigenvalue weighted by atomic mass is 35.5. The van der Waals surface area contributed by atoms with Crippen LogP contribution >= 0.6 is 11.6 Å². The number of hydrazone groups is 1. The Hall–Kier alpha value is -4.37. The van der Waals surface area contributed by atoms with E-state index >= 15 is 0 Å². The van der Waals surface area contributed by atoms with Crippen LogP contribution in [0.3, 0.4) is 0 Å². The highest BCUT2D eigenvalue weighted by Crippen LogP contribution is 2.29. The van der Waals surface area contributed by atoms with Gasteiger partial charge in [0.2, 0.25) is 0 Å². The van der Waals surface area contributed by atoms with Gasteiger partial charge in [-0.1, -0.05) is 11.6 Å². The van der Waals surface area contributed by atoms with Crippen LogP contribution in [0.25, 0.3) is 0 Å². The van der Waals surface area contributed by atoms with Gasteiger partial charge in [0.15, 0.2) is 11.5 Å². The smallest absolute Gasteiger partial charge is 0.343 e. The number of halogens is 1. The topological polar surface area (TPSA) is 115 Å². The van der Waals surface area contributed by atoms with Gasteiger partial charge in [0.1, 0.15) is 5.75 Å². The Bertz CT molecular complexity index is 1270. The first-order chi connectivity index (χ1) is 17.3. The van der Waals surface area contributed by atoms with Crippen molar-refractivity contribution in [3.63, 3.8) is 0 Å². The maximum atomic E-state index is 12.4. The summed E-state index contributed by atoms with van der Waals surface area (Å²) < 4.78 is 16.1. The number of anilines is 1. The van der Waals surface area contributed by atoms with Crippen LogP contribution in [0, 0.1) is 0 Å². The van der Waals surface area contributed by atoms with Crippen molar-refractivity contribution in [3.05, 3.63) is 82.9 Å². The van der Waals surface area contributed by atoms with Crippen molar-refractivity contribution in [2.45, 2.75) is 13.8 Å². The van der Waals surface area contributed by atoms with E-state index in [-0.39, 0.29) is 11.5 Å². The van der Waals surface area contributed by atoms with Crippen molar-refractivity contribution >= 4 is 40.8 Å². The molecule has 0 saturated carbocycles. The van der Waals surface area contributed by atoms with Gasteiger partial charge in [-0.25, -0.2) is 10.2 Å². The zero-order chi connectivity index (χ0) is 26.1. The largest absolute Gasteiger partial charge is 0.494 e. The lowest BCUT2D eigenvalue weighted by Gasteiger charge is -2.11. The molecule has 0 saturated heterocycles. The monoisotopic (exact) mass is 509 g/mol. The van der Waals surface area contributed by atoms with E-state index < -0.39 is 17.8 Å². The van der Waals surface area contributed by atoms with Crippen LogP contribution in [0.4, 0.5) is 5.69 Å². The normalized spacial score (nSPS) is 10.8. The fourth-order valence-corrected chi connectivity index (χ4v) is 3.09. The zero-order valence-electron chi connectivity index (χ0n) is 19.8. The lowest BCUT2D eigenvalue weighted by molar-refractivity contribution is -0.136. The Morgan fingerprint density at radius 2 is 1.56 bits per heavy atom. The predicted octanol–water partition coefficient (Wildman–Crippen LogP) is 4.45. The number of amides is 2. The second-order valence-electron chi connectivity index (χ2n) is 7.31. The third-order valence-corrected chi connectivity index (χ3v) is 5.07. The summed E-state index contributed by atoms with van der Waals surface area (Å²) in [6, 6.07) is 17.7. The van der Waals surface area contributed by atoms with E-state index in [9.17, 15) is 14.4 Å². The average molecular weight is 510 g/mol. The molecule has 0 aliphatic rings. The molecule has 0 radical (unpaired) electrons. The van der Waals surface area contributed by atoms with Gasteiger partial charge in [0.25, 0.3) is 0 Å². The van der Waals surface area contributed by atoms with E-state index in [4.69, 9.17) is 25.8 Å². The molecule has 0 aliphatic carbocycles. The van der Waals surface area contributed by atoms with E-state index in [0.29, 0.717) is 39.9 Å². The Labute approximate surface area is 213 Å². The van der Waals surface area contributed by atoms with Gasteiger partial charge in [-0.15, -0.1) is 0 Å². The summed E-state index contributed by atoms with van der Waals surface area (Å²) in [7, 11) is 1.43. The van der Waals surface area contributed by atoms with Crippen molar-refractivity contribution in [2.24, 2.45) is 5.10 Å². The number of rotatable bonds is 8. The summed E-state index contributed by atoms with van der Waals surface area (Å²) in [5, 5.41) is 6.96. The van der Waals surface area contributed by atoms with Gasteiger partial charge in [-0.05, 0) is 80.6 Å². The molecule has 0 spiro atoms. The van der Waals surface area contributed by atoms with Gasteiger partial charge in [0, 0.05) is 16.3 Å². The number of methoxy groups -OCH3 is 1. The number of nitrogens with one attached hydrogen (secondary N) is 2. The molecule has 36 heavy (non-hydrogen) atoms. The van der Waals surface area contributed by atoms with Gasteiger partial charge in [-0.2, -0.15) is 5.10 Å². The van der Waals surface area contributed by atoms with Crippen molar-refractivity contribution < 1.29 is 28.6 Å². The van der Waals surface area contributed by atoms with Crippen LogP contribution in [0.2, 0.25) is 5.02 Å². The maximum Gasteiger partial charge on any atom is 0.343 e. The molecule has 3 rings (SSSR count). The number of carbonyl (C=O) groups is 3. The summed E-state index contributed by atoms with van der Waals surface area (Å²) in [5.74, 6) is -1.26. The summed E-state index contributed by atoms with van der Waals surface area (Å²) in [5.41, 5.74) is 3.95. The molecule has 0 unspecified atom stereocenters. The molecule has 10 heteroatoms. The molecule has 0 fully saturated rings. The molecule has 9 nitrogen and oxygen atoms in total. The molecule has 0 aromatic heterocycles. The quantitative estimate of drug-likeness (QED) is 0.152. The van der Waals surface area contributed by atoms with E-state index in [1.165, 1.54) is 7.11 Å². The predicted molar refractivity (Wildman–Crippen MR) is 136 cm³/mol. The Balaban J connectivity index is 1.62. The van der Waals surface area contributed by atoms with Crippen LogP contribution in [-0.2, 0) is 9.59 Å². The first-order valence-corrected chi connectivity index (χ1v) is 11.2. The Kier molecular flexibility index (Phi) is 9.01. The number of benzene rings is 3. The third kappa shape index (κ3) is 7.07. The van der Waals surface area contributed by atoms with Crippen molar-refractivity contribution in [3.8, 4) is 17.2 Å². The molecule has 2 amide bonds. The molecule has 0 heterocycles. The number of nitrogens with zero attached hydrogens (tertiary/aromatic N) is 1. The first kappa shape index (κ1) is 26.2. The number of hydrogen-bond acceptors (Lipinski definition) is 7. The summed E-state index contributed by atoms with van der Waals surface area (Å²) in [6.45, 7) is 4.03. The van der Waals surface area contributed by atoms with Gasteiger partial charge < -0.3 is 19.5 Å². The fourth-order valence-electron chi connectivity index (χ4n) is 2.96. The molecular weight excluding hydrogens is 486 g/mol. The summed E-state index contributed by atoms with van der Waals surface area (Å²) in [4.78, 5) is 36.7. The minimum absolute atomic E-state index is 0.202. The molecule has 0 bridgehead atoms. The van der Waals surface area contributed by atoms with Gasteiger partial charge >= 0.3 is 17.8 Å². The van der Waals surface area contributed by atoms with Crippen molar-refractivity contribution in [1.29, 1.82) is 0 Å². The van der Waals surface area contributed by atoms with E-state index in [2.05, 4.69) is 15.8 Å². The zero-order valence-corrected chi connectivity index (χ0v) is 20.6. The van der Waals surface area contributed by atoms with Crippen LogP contribution in [-0.4, -0.2) is 37.2 Å². The minimum Gasteiger partial charge on any atom is -0.494 e. The summed E-state index contributed by atoms with van der Waals surface area (Å²) in [6.07, 6.45) is 0. The molecule has 2 N–H and O–H groups in total. The standard InChI is InChI=1S/C26H24ClN3O6/c1-4-35-21-12-10-20(11-13-21)28-24(31)25(32)30-29-16(2)18-7-14-22(23(15-18)34-3)36-26(33)17-5-8-19(27)9-6-17/h5-15H,4H2,1-3H3,(H,28,31)(H,30,32). The van der Waals surface area contributed by atoms with Gasteiger partial charge in [0.05, 0.1) is 25.0 Å². The van der Waals surface area contributed by atoms with Gasteiger partial charge in [-0.3, -0.25) is 9.59 Å². The second kappa shape index (κ2) is 12.4. The molecule has 3 aromatic rings. The minimum atomic E-state index is -0.941. The third-order valence-electron chi connectivity index (χ3n) is 4.82. The number of carbonyl (C=O) groups excluding carboxylic acids is 3. The lowest BCUT2D eigenvalue weighted by Crippen LogP contribution is -2.32. The molecule has 0 aliphatic heterocycles. The van der Waals surface area contributed by atoms with Crippen LogP contribution in [0.5, 0.6) is 17.2 Å². The van der Waals surface area contributed by atoms with E-state index in [0.717, 1.165) is 0 Å². The highest BCUT2D eigenvalue weighted by molar-refractivity contribution is 6.39. The Morgan fingerprint density at radius 3 is 2.19 bits per heavy atom. The molecule has 186 valence electrons. The maximum absolute atomic E-state index is 12.4. The Morgan fingerprint density at radius 1 is 0.889 bits per heavy atom. The first-order valence-electron chi connectivity index (χ1n) is 10.8. The van der Waals surface area contributed by atoms with Crippen LogP contribution < -0.4 is 25.0 Å². The summed E-state index contributed by atoms with van der Waals surface area (Å²) >= 11 is 5.85. The fraction of sp³-hybridized carbons (Fsp3) is 0.154. The van der Waals surface area contributed by atoms with Crippen LogP contribution in [0.15, 0.2) is 71.8 Å². The molecule has 3 aromatic carbocycles. The van der Waals surface area contributed by atoms with E-state index in [1.54, 1.807) is 73.7 Å².